The molecule has 0 radical (unpaired) electrons. The third kappa shape index (κ3) is 3.47. The Balaban J connectivity index is 2.25. The average molecular weight is 303 g/mol. The van der Waals surface area contributed by atoms with E-state index in [-0.39, 0.29) is 11.9 Å². The SMILES string of the molecule is CSCC(=O)NC(C)c1cnn(-c2ccccc2C)c1C. The van der Waals surface area contributed by atoms with E-state index in [1.807, 2.05) is 43.1 Å². The Hall–Kier alpha value is -1.75. The molecule has 21 heavy (non-hydrogen) atoms. The first kappa shape index (κ1) is 15.6. The first-order valence-corrected chi connectivity index (χ1v) is 8.32. The summed E-state index contributed by atoms with van der Waals surface area (Å²) in [5.74, 6) is 0.535. The van der Waals surface area contributed by atoms with Crippen LogP contribution in [0.3, 0.4) is 0 Å². The normalized spacial score (nSPS) is 12.2. The summed E-state index contributed by atoms with van der Waals surface area (Å²) in [5, 5.41) is 7.49. The average Bonchev–Trinajstić information content (AvgIpc) is 2.81. The summed E-state index contributed by atoms with van der Waals surface area (Å²) in [5.41, 5.74) is 4.35. The maximum atomic E-state index is 11.7. The van der Waals surface area contributed by atoms with Gasteiger partial charge in [0.2, 0.25) is 5.91 Å². The monoisotopic (exact) mass is 303 g/mol. The van der Waals surface area contributed by atoms with Crippen LogP contribution < -0.4 is 5.32 Å². The van der Waals surface area contributed by atoms with Crippen molar-refractivity contribution in [3.05, 3.63) is 47.3 Å². The third-order valence-corrected chi connectivity index (χ3v) is 4.06. The number of para-hydroxylation sites is 1. The predicted octanol–water partition coefficient (Wildman–Crippen LogP) is 3.03. The van der Waals surface area contributed by atoms with Gasteiger partial charge in [-0.05, 0) is 38.7 Å². The molecule has 1 amide bonds. The fraction of sp³-hybridized carbons (Fsp3) is 0.375. The van der Waals surface area contributed by atoms with Crippen molar-refractivity contribution in [1.29, 1.82) is 0 Å². The Labute approximate surface area is 129 Å². The van der Waals surface area contributed by atoms with Crippen LogP contribution in [0.25, 0.3) is 5.69 Å². The van der Waals surface area contributed by atoms with E-state index < -0.39 is 0 Å². The second-order valence-electron chi connectivity index (χ2n) is 5.11. The lowest BCUT2D eigenvalue weighted by Gasteiger charge is -2.14. The van der Waals surface area contributed by atoms with Crippen LogP contribution in [0.4, 0.5) is 0 Å². The lowest BCUT2D eigenvalue weighted by molar-refractivity contribution is -0.119. The molecule has 0 saturated heterocycles. The summed E-state index contributed by atoms with van der Waals surface area (Å²) >= 11 is 1.52. The zero-order chi connectivity index (χ0) is 15.4. The van der Waals surface area contributed by atoms with E-state index in [0.29, 0.717) is 5.75 Å². The van der Waals surface area contributed by atoms with Gasteiger partial charge in [0.05, 0.1) is 23.7 Å². The van der Waals surface area contributed by atoms with E-state index in [4.69, 9.17) is 0 Å². The van der Waals surface area contributed by atoms with Crippen LogP contribution in [0, 0.1) is 13.8 Å². The van der Waals surface area contributed by atoms with Gasteiger partial charge in [-0.1, -0.05) is 18.2 Å². The first-order valence-electron chi connectivity index (χ1n) is 6.93. The zero-order valence-electron chi connectivity index (χ0n) is 12.9. The highest BCUT2D eigenvalue weighted by Crippen LogP contribution is 2.21. The van der Waals surface area contributed by atoms with E-state index in [0.717, 1.165) is 16.9 Å². The number of thioether (sulfide) groups is 1. The van der Waals surface area contributed by atoms with Crippen molar-refractivity contribution in [2.24, 2.45) is 0 Å². The molecule has 2 rings (SSSR count). The molecule has 0 aliphatic carbocycles. The molecule has 0 spiro atoms. The fourth-order valence-electron chi connectivity index (χ4n) is 2.38. The number of amides is 1. The van der Waals surface area contributed by atoms with E-state index in [1.54, 1.807) is 0 Å². The van der Waals surface area contributed by atoms with Crippen molar-refractivity contribution >= 4 is 17.7 Å². The number of aromatic nitrogens is 2. The Morgan fingerprint density at radius 1 is 1.38 bits per heavy atom. The molecule has 0 fully saturated rings. The van der Waals surface area contributed by atoms with Gasteiger partial charge in [0.15, 0.2) is 0 Å². The first-order chi connectivity index (χ1) is 10.0. The minimum atomic E-state index is -0.0394. The lowest BCUT2D eigenvalue weighted by Crippen LogP contribution is -2.28. The van der Waals surface area contributed by atoms with Gasteiger partial charge in [0.1, 0.15) is 0 Å². The van der Waals surface area contributed by atoms with Crippen LogP contribution in [-0.2, 0) is 4.79 Å². The minimum Gasteiger partial charge on any atom is -0.349 e. The number of carbonyl (C=O) groups is 1. The van der Waals surface area contributed by atoms with E-state index >= 15 is 0 Å². The molecule has 0 aliphatic heterocycles. The molecule has 0 saturated carbocycles. The number of hydrogen-bond donors (Lipinski definition) is 1. The fourth-order valence-corrected chi connectivity index (χ4v) is 2.73. The van der Waals surface area contributed by atoms with Crippen LogP contribution in [0.15, 0.2) is 30.5 Å². The number of carbonyl (C=O) groups excluding carboxylic acids is 1. The van der Waals surface area contributed by atoms with E-state index in [2.05, 4.69) is 29.5 Å². The van der Waals surface area contributed by atoms with E-state index in [9.17, 15) is 4.79 Å². The molecule has 1 heterocycles. The summed E-state index contributed by atoms with van der Waals surface area (Å²) in [6.07, 6.45) is 3.76. The van der Waals surface area contributed by atoms with Crippen molar-refractivity contribution in [2.75, 3.05) is 12.0 Å². The molecule has 1 aromatic heterocycles. The second kappa shape index (κ2) is 6.80. The van der Waals surface area contributed by atoms with Crippen molar-refractivity contribution in [3.8, 4) is 5.69 Å². The summed E-state index contributed by atoms with van der Waals surface area (Å²) in [7, 11) is 0. The predicted molar refractivity (Wildman–Crippen MR) is 88.0 cm³/mol. The van der Waals surface area contributed by atoms with Gasteiger partial charge in [0, 0.05) is 11.3 Å². The van der Waals surface area contributed by atoms with E-state index in [1.165, 1.54) is 17.3 Å². The number of hydrogen-bond acceptors (Lipinski definition) is 3. The summed E-state index contributed by atoms with van der Waals surface area (Å²) in [4.78, 5) is 11.7. The highest BCUT2D eigenvalue weighted by Gasteiger charge is 2.16. The third-order valence-electron chi connectivity index (χ3n) is 3.51. The topological polar surface area (TPSA) is 46.9 Å². The molecule has 112 valence electrons. The van der Waals surface area contributed by atoms with Gasteiger partial charge in [-0.15, -0.1) is 0 Å². The Morgan fingerprint density at radius 2 is 2.10 bits per heavy atom. The minimum absolute atomic E-state index is 0.0394. The molecule has 0 aliphatic rings. The summed E-state index contributed by atoms with van der Waals surface area (Å²) in [6.45, 7) is 6.09. The molecule has 0 bridgehead atoms. The van der Waals surface area contributed by atoms with Gasteiger partial charge in [-0.2, -0.15) is 16.9 Å². The molecule has 4 nitrogen and oxygen atoms in total. The van der Waals surface area contributed by atoms with Crippen molar-refractivity contribution < 1.29 is 4.79 Å². The van der Waals surface area contributed by atoms with Gasteiger partial charge in [0.25, 0.3) is 0 Å². The smallest absolute Gasteiger partial charge is 0.230 e. The quantitative estimate of drug-likeness (QED) is 0.923. The van der Waals surface area contributed by atoms with Crippen molar-refractivity contribution in [3.63, 3.8) is 0 Å². The maximum Gasteiger partial charge on any atom is 0.230 e. The van der Waals surface area contributed by atoms with Gasteiger partial charge >= 0.3 is 0 Å². The Bertz CT molecular complexity index is 636. The molecular formula is C16H21N3OS. The number of benzene rings is 1. The lowest BCUT2D eigenvalue weighted by atomic mass is 10.1. The highest BCUT2D eigenvalue weighted by atomic mass is 32.2. The number of nitrogens with one attached hydrogen (secondary N) is 1. The molecule has 1 N–H and O–H groups in total. The zero-order valence-corrected chi connectivity index (χ0v) is 13.7. The maximum absolute atomic E-state index is 11.7. The highest BCUT2D eigenvalue weighted by molar-refractivity contribution is 7.99. The molecular weight excluding hydrogens is 282 g/mol. The molecule has 2 aromatic rings. The number of nitrogens with zero attached hydrogens (tertiary/aromatic N) is 2. The second-order valence-corrected chi connectivity index (χ2v) is 5.97. The van der Waals surface area contributed by atoms with Crippen LogP contribution in [0.2, 0.25) is 0 Å². The van der Waals surface area contributed by atoms with Crippen LogP contribution >= 0.6 is 11.8 Å². The molecule has 1 aromatic carbocycles. The number of rotatable bonds is 5. The van der Waals surface area contributed by atoms with Gasteiger partial charge in [-0.25, -0.2) is 4.68 Å². The summed E-state index contributed by atoms with van der Waals surface area (Å²) < 4.78 is 1.93. The van der Waals surface area contributed by atoms with Crippen molar-refractivity contribution in [2.45, 2.75) is 26.8 Å². The van der Waals surface area contributed by atoms with Crippen LogP contribution in [0.5, 0.6) is 0 Å². The molecule has 1 unspecified atom stereocenters. The van der Waals surface area contributed by atoms with Gasteiger partial charge in [-0.3, -0.25) is 4.79 Å². The van der Waals surface area contributed by atoms with Crippen LogP contribution in [-0.4, -0.2) is 27.7 Å². The van der Waals surface area contributed by atoms with Gasteiger partial charge < -0.3 is 5.32 Å². The molecule has 5 heteroatoms. The Kier molecular flexibility index (Phi) is 5.07. The number of aryl methyl sites for hydroxylation is 1. The van der Waals surface area contributed by atoms with Crippen LogP contribution in [0.1, 0.15) is 29.8 Å². The largest absolute Gasteiger partial charge is 0.349 e. The Morgan fingerprint density at radius 3 is 2.76 bits per heavy atom. The summed E-state index contributed by atoms with van der Waals surface area (Å²) in [6, 6.07) is 8.11. The van der Waals surface area contributed by atoms with Crippen molar-refractivity contribution in [1.82, 2.24) is 15.1 Å². The molecule has 1 atom stereocenters. The standard InChI is InChI=1S/C16H21N3OS/c1-11-7-5-6-8-15(11)19-13(3)14(9-17-19)12(2)18-16(20)10-21-4/h5-9,12H,10H2,1-4H3,(H,18,20).